The first kappa shape index (κ1) is 18.2. The van der Waals surface area contributed by atoms with Crippen molar-refractivity contribution in [1.29, 1.82) is 0 Å². The van der Waals surface area contributed by atoms with Crippen molar-refractivity contribution in [2.45, 2.75) is 57.2 Å². The summed E-state index contributed by atoms with van der Waals surface area (Å²) in [6.07, 6.45) is 5.35. The topological polar surface area (TPSA) is 61.5 Å². The minimum absolute atomic E-state index is 0.0453. The van der Waals surface area contributed by atoms with Crippen LogP contribution in [0.2, 0.25) is 0 Å². The molecule has 0 aromatic heterocycles. The van der Waals surface area contributed by atoms with Crippen LogP contribution in [0.1, 0.15) is 44.9 Å². The Balaban J connectivity index is 1.56. The number of esters is 2. The Morgan fingerprint density at radius 1 is 0.870 bits per heavy atom. The van der Waals surface area contributed by atoms with Crippen molar-refractivity contribution >= 4 is 11.9 Å². The molecule has 2 aliphatic heterocycles. The Labute approximate surface area is 139 Å². The lowest BCUT2D eigenvalue weighted by Gasteiger charge is -2.27. The van der Waals surface area contributed by atoms with Crippen LogP contribution in [0, 0.1) is 0 Å². The highest BCUT2D eigenvalue weighted by atomic mass is 16.5. The van der Waals surface area contributed by atoms with Crippen LogP contribution in [0.3, 0.4) is 0 Å². The third-order valence-electron chi connectivity index (χ3n) is 4.77. The maximum Gasteiger partial charge on any atom is 0.306 e. The molecular formula is C17H32N2O4+2. The zero-order valence-electron chi connectivity index (χ0n) is 14.6. The number of likely N-dealkylation sites (N-methyl/N-ethyl adjacent to an activating group) is 2. The minimum atomic E-state index is -0.181. The van der Waals surface area contributed by atoms with Crippen LogP contribution in [0.15, 0.2) is 0 Å². The van der Waals surface area contributed by atoms with Gasteiger partial charge in [0.05, 0.1) is 27.2 Å². The van der Waals surface area contributed by atoms with Crippen LogP contribution < -0.4 is 9.80 Å². The maximum atomic E-state index is 11.8. The van der Waals surface area contributed by atoms with E-state index >= 15 is 0 Å². The van der Waals surface area contributed by atoms with E-state index in [1.165, 1.54) is 9.80 Å². The summed E-state index contributed by atoms with van der Waals surface area (Å²) in [6, 6.07) is 0. The molecule has 23 heavy (non-hydrogen) atoms. The molecule has 0 aliphatic carbocycles. The molecule has 0 aromatic carbocycles. The van der Waals surface area contributed by atoms with Crippen LogP contribution in [0.4, 0.5) is 0 Å². The number of nitrogens with one attached hydrogen (secondary N) is 2. The number of quaternary nitrogens is 2. The number of likely N-dealkylation sites (tertiary alicyclic amines) is 2. The molecule has 2 N–H and O–H groups in total. The number of hydrogen-bond donors (Lipinski definition) is 2. The summed E-state index contributed by atoms with van der Waals surface area (Å²) in [4.78, 5) is 26.5. The molecule has 0 aromatic rings. The van der Waals surface area contributed by atoms with Gasteiger partial charge in [-0.05, 0) is 19.3 Å². The second-order valence-corrected chi connectivity index (χ2v) is 7.18. The number of ether oxygens (including phenoxy) is 2. The quantitative estimate of drug-likeness (QED) is 0.589. The zero-order valence-corrected chi connectivity index (χ0v) is 14.6. The van der Waals surface area contributed by atoms with Crippen molar-refractivity contribution in [3.8, 4) is 0 Å². The van der Waals surface area contributed by atoms with Crippen molar-refractivity contribution in [1.82, 2.24) is 0 Å². The monoisotopic (exact) mass is 328 g/mol. The van der Waals surface area contributed by atoms with Crippen LogP contribution in [0.5, 0.6) is 0 Å². The van der Waals surface area contributed by atoms with E-state index in [1.807, 2.05) is 0 Å². The molecule has 2 unspecified atom stereocenters. The fourth-order valence-corrected chi connectivity index (χ4v) is 3.52. The van der Waals surface area contributed by atoms with Crippen molar-refractivity contribution in [3.63, 3.8) is 0 Å². The molecule has 0 radical (unpaired) electrons. The fourth-order valence-electron chi connectivity index (χ4n) is 3.52. The van der Waals surface area contributed by atoms with Crippen molar-refractivity contribution in [2.24, 2.45) is 0 Å². The summed E-state index contributed by atoms with van der Waals surface area (Å²) in [5.74, 6) is -0.362. The average molecular weight is 328 g/mol. The van der Waals surface area contributed by atoms with E-state index in [4.69, 9.17) is 9.47 Å². The Hall–Kier alpha value is -1.14. The lowest BCUT2D eigenvalue weighted by Crippen LogP contribution is -3.11. The summed E-state index contributed by atoms with van der Waals surface area (Å²) in [5, 5.41) is 0. The normalized spacial score (nSPS) is 31.4. The van der Waals surface area contributed by atoms with Crippen LogP contribution in [-0.4, -0.2) is 64.4 Å². The highest BCUT2D eigenvalue weighted by Gasteiger charge is 2.25. The summed E-state index contributed by atoms with van der Waals surface area (Å²) in [6.45, 7) is 4.09. The summed E-state index contributed by atoms with van der Waals surface area (Å²) < 4.78 is 11.0. The van der Waals surface area contributed by atoms with E-state index in [1.54, 1.807) is 0 Å². The average Bonchev–Trinajstić information content (AvgIpc) is 2.47. The number of carbonyl (C=O) groups excluding carboxylic acids is 2. The minimum Gasteiger partial charge on any atom is -0.456 e. The lowest BCUT2D eigenvalue weighted by atomic mass is 10.1. The van der Waals surface area contributed by atoms with E-state index < -0.39 is 0 Å². The molecule has 6 heteroatoms. The van der Waals surface area contributed by atoms with Gasteiger partial charge in [0.25, 0.3) is 0 Å². The molecule has 0 spiro atoms. The van der Waals surface area contributed by atoms with Crippen LogP contribution in [0.25, 0.3) is 0 Å². The van der Waals surface area contributed by atoms with E-state index in [-0.39, 0.29) is 24.1 Å². The predicted octanol–water partition coefficient (Wildman–Crippen LogP) is -1.40. The Morgan fingerprint density at radius 3 is 1.70 bits per heavy atom. The van der Waals surface area contributed by atoms with Gasteiger partial charge in [0.15, 0.2) is 12.2 Å². The van der Waals surface area contributed by atoms with Crippen molar-refractivity contribution in [3.05, 3.63) is 0 Å². The van der Waals surface area contributed by atoms with Crippen LogP contribution in [-0.2, 0) is 19.1 Å². The third-order valence-corrected chi connectivity index (χ3v) is 4.77. The van der Waals surface area contributed by atoms with Gasteiger partial charge in [0.2, 0.25) is 0 Å². The van der Waals surface area contributed by atoms with E-state index in [2.05, 4.69) is 14.1 Å². The molecular weight excluding hydrogens is 296 g/mol. The number of rotatable bonds is 6. The van der Waals surface area contributed by atoms with Gasteiger partial charge in [-0.15, -0.1) is 0 Å². The molecule has 4 atom stereocenters. The second kappa shape index (κ2) is 9.23. The summed E-state index contributed by atoms with van der Waals surface area (Å²) in [7, 11) is 4.25. The lowest BCUT2D eigenvalue weighted by molar-refractivity contribution is -0.888. The Kier molecular flexibility index (Phi) is 7.30. The van der Waals surface area contributed by atoms with Gasteiger partial charge < -0.3 is 19.3 Å². The van der Waals surface area contributed by atoms with Gasteiger partial charge in [0, 0.05) is 25.7 Å². The highest BCUT2D eigenvalue weighted by molar-refractivity contribution is 5.72. The third kappa shape index (κ3) is 6.87. The standard InChI is InChI=1S/C17H30N2O4/c1-18-10-4-6-14(12-18)22-16(20)8-3-9-17(21)23-15-7-5-11-19(2)13-15/h14-15H,3-13H2,1-2H3/p+2/t14-,15-/m1/s1. The Morgan fingerprint density at radius 2 is 1.30 bits per heavy atom. The fraction of sp³-hybridized carbons (Fsp3) is 0.882. The highest BCUT2D eigenvalue weighted by Crippen LogP contribution is 2.09. The van der Waals surface area contributed by atoms with Crippen LogP contribution >= 0.6 is 0 Å². The number of hydrogen-bond acceptors (Lipinski definition) is 4. The summed E-state index contributed by atoms with van der Waals surface area (Å²) in [5.41, 5.74) is 0. The molecule has 0 bridgehead atoms. The molecule has 2 rings (SSSR count). The number of piperidine rings is 2. The Bertz CT molecular complexity index is 366. The molecule has 132 valence electrons. The predicted molar refractivity (Wildman–Crippen MR) is 85.3 cm³/mol. The molecule has 2 aliphatic rings. The molecule has 2 fully saturated rings. The second-order valence-electron chi connectivity index (χ2n) is 7.18. The van der Waals surface area contributed by atoms with Crippen molar-refractivity contribution < 1.29 is 28.9 Å². The van der Waals surface area contributed by atoms with Gasteiger partial charge in [-0.2, -0.15) is 0 Å². The molecule has 0 saturated carbocycles. The first-order valence-electron chi connectivity index (χ1n) is 9.04. The largest absolute Gasteiger partial charge is 0.456 e. The maximum absolute atomic E-state index is 11.8. The molecule has 2 heterocycles. The van der Waals surface area contributed by atoms with Gasteiger partial charge in [-0.3, -0.25) is 9.59 Å². The van der Waals surface area contributed by atoms with Gasteiger partial charge in [-0.25, -0.2) is 0 Å². The SMILES string of the molecule is C[NH+]1CCC[C@@H](OC(=O)CCCC(=O)O[C@@H]2CCC[NH+](C)C2)C1. The van der Waals surface area contributed by atoms with Gasteiger partial charge >= 0.3 is 11.9 Å². The smallest absolute Gasteiger partial charge is 0.306 e. The molecule has 2 saturated heterocycles. The van der Waals surface area contributed by atoms with E-state index in [0.717, 1.165) is 51.9 Å². The van der Waals surface area contributed by atoms with E-state index in [9.17, 15) is 9.59 Å². The molecule has 0 amide bonds. The summed E-state index contributed by atoms with van der Waals surface area (Å²) >= 11 is 0. The number of carbonyl (C=O) groups is 2. The molecule has 6 nitrogen and oxygen atoms in total. The van der Waals surface area contributed by atoms with E-state index in [0.29, 0.717) is 19.3 Å². The van der Waals surface area contributed by atoms with Gasteiger partial charge in [-0.1, -0.05) is 0 Å². The first-order chi connectivity index (χ1) is 11.0. The van der Waals surface area contributed by atoms with Crippen molar-refractivity contribution in [2.75, 3.05) is 40.3 Å². The zero-order chi connectivity index (χ0) is 16.7. The van der Waals surface area contributed by atoms with Gasteiger partial charge in [0.1, 0.15) is 13.1 Å². The first-order valence-corrected chi connectivity index (χ1v) is 9.04.